The summed E-state index contributed by atoms with van der Waals surface area (Å²) < 4.78 is 12.4. The highest BCUT2D eigenvalue weighted by Crippen LogP contribution is 2.32. The van der Waals surface area contributed by atoms with E-state index in [-0.39, 0.29) is 12.5 Å². The van der Waals surface area contributed by atoms with E-state index in [0.717, 1.165) is 49.9 Å². The number of aryl methyl sites for hydroxylation is 1. The van der Waals surface area contributed by atoms with Crippen molar-refractivity contribution in [1.29, 1.82) is 0 Å². The van der Waals surface area contributed by atoms with Gasteiger partial charge in [-0.15, -0.1) is 0 Å². The summed E-state index contributed by atoms with van der Waals surface area (Å²) in [5, 5.41) is 4.84. The van der Waals surface area contributed by atoms with Gasteiger partial charge < -0.3 is 14.4 Å². The molecule has 26 heavy (non-hydrogen) atoms. The molecule has 0 N–H and O–H groups in total. The molecule has 0 bridgehead atoms. The van der Waals surface area contributed by atoms with E-state index in [2.05, 4.69) is 16.1 Å². The van der Waals surface area contributed by atoms with Crippen molar-refractivity contribution in [3.8, 4) is 11.5 Å². The Labute approximate surface area is 157 Å². The molecule has 1 fully saturated rings. The summed E-state index contributed by atoms with van der Waals surface area (Å²) in [6.07, 6.45) is 1.70. The van der Waals surface area contributed by atoms with Crippen LogP contribution in [0.4, 0.5) is 0 Å². The maximum atomic E-state index is 12.5. The molecule has 4 rings (SSSR count). The van der Waals surface area contributed by atoms with Gasteiger partial charge in [-0.1, -0.05) is 17.7 Å². The van der Waals surface area contributed by atoms with Gasteiger partial charge in [-0.2, -0.15) is 5.10 Å². The Morgan fingerprint density at radius 1 is 1.19 bits per heavy atom. The molecule has 1 amide bonds. The molecule has 138 valence electrons. The lowest BCUT2D eigenvalue weighted by molar-refractivity contribution is -0.133. The van der Waals surface area contributed by atoms with Gasteiger partial charge in [0.1, 0.15) is 6.54 Å². The molecular formula is C18H21ClN4O3. The van der Waals surface area contributed by atoms with Gasteiger partial charge in [-0.3, -0.25) is 14.4 Å². The quantitative estimate of drug-likeness (QED) is 0.816. The van der Waals surface area contributed by atoms with E-state index in [1.54, 1.807) is 10.9 Å². The van der Waals surface area contributed by atoms with Crippen LogP contribution in [-0.2, 0) is 17.9 Å². The zero-order valence-electron chi connectivity index (χ0n) is 14.7. The number of fused-ring (bicyclic) bond motifs is 1. The van der Waals surface area contributed by atoms with Crippen molar-refractivity contribution in [1.82, 2.24) is 19.6 Å². The molecule has 2 aliphatic rings. The van der Waals surface area contributed by atoms with Crippen molar-refractivity contribution in [2.24, 2.45) is 0 Å². The first kappa shape index (κ1) is 17.2. The molecular weight excluding hydrogens is 356 g/mol. The molecule has 0 saturated carbocycles. The fourth-order valence-corrected chi connectivity index (χ4v) is 3.42. The summed E-state index contributed by atoms with van der Waals surface area (Å²) in [6, 6.07) is 6.05. The van der Waals surface area contributed by atoms with Crippen LogP contribution in [0.5, 0.6) is 11.5 Å². The zero-order valence-corrected chi connectivity index (χ0v) is 15.4. The van der Waals surface area contributed by atoms with E-state index >= 15 is 0 Å². The highest BCUT2D eigenvalue weighted by Gasteiger charge is 2.22. The van der Waals surface area contributed by atoms with Crippen molar-refractivity contribution in [2.75, 3.05) is 33.0 Å². The molecule has 1 aromatic heterocycles. The minimum atomic E-state index is 0.0758. The molecule has 8 heteroatoms. The number of rotatable bonds is 4. The number of ether oxygens (including phenoxy) is 2. The van der Waals surface area contributed by atoms with Crippen LogP contribution >= 0.6 is 11.6 Å². The van der Waals surface area contributed by atoms with Gasteiger partial charge in [-0.05, 0) is 24.6 Å². The molecule has 2 aromatic rings. The predicted octanol–water partition coefficient (Wildman–Crippen LogP) is 1.92. The lowest BCUT2D eigenvalue weighted by Crippen LogP contribution is -2.49. The first-order valence-corrected chi connectivity index (χ1v) is 9.04. The molecule has 3 heterocycles. The number of halogens is 1. The van der Waals surface area contributed by atoms with Crippen LogP contribution in [0.1, 0.15) is 11.3 Å². The van der Waals surface area contributed by atoms with Crippen LogP contribution in [0.3, 0.4) is 0 Å². The molecule has 0 unspecified atom stereocenters. The minimum absolute atomic E-state index is 0.0758. The molecule has 0 radical (unpaired) electrons. The molecule has 0 atom stereocenters. The standard InChI is InChI=1S/C18H21ClN4O3/c1-13-15(19)10-23(20-13)11-18(24)22-6-4-21(5-7-22)9-14-2-3-16-17(8-14)26-12-25-16/h2-3,8,10H,4-7,9,11-12H2,1H3. The summed E-state index contributed by atoms with van der Waals surface area (Å²) in [4.78, 5) is 16.7. The Bertz CT molecular complexity index is 795. The number of benzene rings is 1. The lowest BCUT2D eigenvalue weighted by Gasteiger charge is -2.34. The fourth-order valence-electron chi connectivity index (χ4n) is 3.27. The van der Waals surface area contributed by atoms with Gasteiger partial charge in [0.05, 0.1) is 10.7 Å². The topological polar surface area (TPSA) is 59.8 Å². The van der Waals surface area contributed by atoms with Gasteiger partial charge in [0.15, 0.2) is 11.5 Å². The summed E-state index contributed by atoms with van der Waals surface area (Å²) >= 11 is 6.00. The first-order chi connectivity index (χ1) is 12.6. The van der Waals surface area contributed by atoms with Crippen LogP contribution in [0.25, 0.3) is 0 Å². The van der Waals surface area contributed by atoms with E-state index in [1.807, 2.05) is 24.0 Å². The monoisotopic (exact) mass is 376 g/mol. The Morgan fingerprint density at radius 2 is 1.96 bits per heavy atom. The minimum Gasteiger partial charge on any atom is -0.454 e. The van der Waals surface area contributed by atoms with Crippen LogP contribution < -0.4 is 9.47 Å². The highest BCUT2D eigenvalue weighted by atomic mass is 35.5. The average Bonchev–Trinajstić information content (AvgIpc) is 3.21. The van der Waals surface area contributed by atoms with Crippen molar-refractivity contribution < 1.29 is 14.3 Å². The zero-order chi connectivity index (χ0) is 18.1. The van der Waals surface area contributed by atoms with E-state index in [0.29, 0.717) is 11.8 Å². The number of nitrogens with zero attached hydrogens (tertiary/aromatic N) is 4. The number of amides is 1. The first-order valence-electron chi connectivity index (χ1n) is 8.67. The second-order valence-corrected chi connectivity index (χ2v) is 7.01. The summed E-state index contributed by atoms with van der Waals surface area (Å²) in [7, 11) is 0. The molecule has 1 saturated heterocycles. The maximum absolute atomic E-state index is 12.5. The third-order valence-corrected chi connectivity index (χ3v) is 5.12. The second-order valence-electron chi connectivity index (χ2n) is 6.60. The number of carbonyl (C=O) groups is 1. The number of aromatic nitrogens is 2. The van der Waals surface area contributed by atoms with Crippen LogP contribution in [0.15, 0.2) is 24.4 Å². The Morgan fingerprint density at radius 3 is 2.69 bits per heavy atom. The SMILES string of the molecule is Cc1nn(CC(=O)N2CCN(Cc3ccc4c(c3)OCO4)CC2)cc1Cl. The number of carbonyl (C=O) groups excluding carboxylic acids is 1. The smallest absolute Gasteiger partial charge is 0.244 e. The van der Waals surface area contributed by atoms with E-state index in [4.69, 9.17) is 21.1 Å². The normalized spacial score (nSPS) is 16.9. The summed E-state index contributed by atoms with van der Waals surface area (Å²) in [6.45, 7) is 6.33. The molecule has 2 aliphatic heterocycles. The lowest BCUT2D eigenvalue weighted by atomic mass is 10.1. The third kappa shape index (κ3) is 3.64. The Kier molecular flexibility index (Phi) is 4.74. The Hall–Kier alpha value is -2.25. The molecule has 1 aromatic carbocycles. The van der Waals surface area contributed by atoms with Crippen molar-refractivity contribution in [2.45, 2.75) is 20.0 Å². The number of hydrogen-bond donors (Lipinski definition) is 0. The molecule has 0 spiro atoms. The molecule has 7 nitrogen and oxygen atoms in total. The predicted molar refractivity (Wildman–Crippen MR) is 96.4 cm³/mol. The van der Waals surface area contributed by atoms with Crippen molar-refractivity contribution in [3.63, 3.8) is 0 Å². The van der Waals surface area contributed by atoms with Gasteiger partial charge in [0.2, 0.25) is 12.7 Å². The fraction of sp³-hybridized carbons (Fsp3) is 0.444. The van der Waals surface area contributed by atoms with Gasteiger partial charge in [-0.25, -0.2) is 0 Å². The number of piperazine rings is 1. The molecule has 0 aliphatic carbocycles. The highest BCUT2D eigenvalue weighted by molar-refractivity contribution is 6.31. The van der Waals surface area contributed by atoms with E-state index < -0.39 is 0 Å². The van der Waals surface area contributed by atoms with Crippen LogP contribution in [0, 0.1) is 6.92 Å². The summed E-state index contributed by atoms with van der Waals surface area (Å²) in [5.74, 6) is 1.69. The van der Waals surface area contributed by atoms with Crippen LogP contribution in [-0.4, -0.2) is 58.5 Å². The van der Waals surface area contributed by atoms with Crippen molar-refractivity contribution >= 4 is 17.5 Å². The van der Waals surface area contributed by atoms with Gasteiger partial charge in [0, 0.05) is 38.9 Å². The van der Waals surface area contributed by atoms with Gasteiger partial charge >= 0.3 is 0 Å². The van der Waals surface area contributed by atoms with E-state index in [9.17, 15) is 4.79 Å². The average molecular weight is 377 g/mol. The van der Waals surface area contributed by atoms with E-state index in [1.165, 1.54) is 5.56 Å². The maximum Gasteiger partial charge on any atom is 0.244 e. The third-order valence-electron chi connectivity index (χ3n) is 4.75. The van der Waals surface area contributed by atoms with Crippen molar-refractivity contribution in [3.05, 3.63) is 40.7 Å². The second kappa shape index (κ2) is 7.17. The van der Waals surface area contributed by atoms with Crippen LogP contribution in [0.2, 0.25) is 5.02 Å². The Balaban J connectivity index is 1.29. The van der Waals surface area contributed by atoms with Gasteiger partial charge in [0.25, 0.3) is 0 Å². The number of hydrogen-bond acceptors (Lipinski definition) is 5. The largest absolute Gasteiger partial charge is 0.454 e. The summed E-state index contributed by atoms with van der Waals surface area (Å²) in [5.41, 5.74) is 1.93.